The molecule has 1 saturated carbocycles. The number of hydrogen-bond donors (Lipinski definition) is 1. The van der Waals surface area contributed by atoms with E-state index in [1.54, 1.807) is 6.92 Å². The van der Waals surface area contributed by atoms with Gasteiger partial charge in [-0.2, -0.15) is 0 Å². The van der Waals surface area contributed by atoms with Gasteiger partial charge in [-0.25, -0.2) is 0 Å². The highest BCUT2D eigenvalue weighted by Crippen LogP contribution is 2.42. The fourth-order valence-corrected chi connectivity index (χ4v) is 2.99. The van der Waals surface area contributed by atoms with Gasteiger partial charge in [-0.1, -0.05) is 13.8 Å². The van der Waals surface area contributed by atoms with Gasteiger partial charge in [0.25, 0.3) is 0 Å². The van der Waals surface area contributed by atoms with E-state index in [1.807, 2.05) is 13.8 Å². The lowest BCUT2D eigenvalue weighted by Gasteiger charge is -2.32. The van der Waals surface area contributed by atoms with E-state index < -0.39 is 5.79 Å². The van der Waals surface area contributed by atoms with Crippen LogP contribution in [-0.2, 0) is 14.3 Å². The first-order valence-corrected chi connectivity index (χ1v) is 7.03. The van der Waals surface area contributed by atoms with Gasteiger partial charge < -0.3 is 14.6 Å². The van der Waals surface area contributed by atoms with Crippen LogP contribution in [0.15, 0.2) is 0 Å². The number of carbonyl (C=O) groups is 1. The molecule has 0 aromatic rings. The van der Waals surface area contributed by atoms with Crippen LogP contribution in [0.4, 0.5) is 0 Å². The van der Waals surface area contributed by atoms with Crippen molar-refractivity contribution in [2.24, 2.45) is 11.8 Å². The molecule has 1 saturated heterocycles. The van der Waals surface area contributed by atoms with E-state index in [4.69, 9.17) is 9.47 Å². The summed E-state index contributed by atoms with van der Waals surface area (Å²) in [4.78, 5) is 11.9. The van der Waals surface area contributed by atoms with Crippen LogP contribution >= 0.6 is 0 Å². The van der Waals surface area contributed by atoms with Crippen LogP contribution in [0.3, 0.4) is 0 Å². The monoisotopic (exact) mass is 256 g/mol. The first-order valence-electron chi connectivity index (χ1n) is 7.03. The molecular weight excluding hydrogens is 232 g/mol. The summed E-state index contributed by atoms with van der Waals surface area (Å²) in [6.07, 6.45) is 4.17. The predicted octanol–water partition coefficient (Wildman–Crippen LogP) is 2.24. The van der Waals surface area contributed by atoms with Crippen molar-refractivity contribution in [3.8, 4) is 0 Å². The summed E-state index contributed by atoms with van der Waals surface area (Å²) < 4.78 is 11.2. The van der Waals surface area contributed by atoms with Crippen molar-refractivity contribution >= 4 is 5.97 Å². The number of ether oxygens (including phenoxy) is 2. The largest absolute Gasteiger partial charge is 0.462 e. The zero-order valence-electron chi connectivity index (χ0n) is 11.5. The number of fused-ring (bicyclic) bond motifs is 1. The molecule has 0 spiro atoms. The van der Waals surface area contributed by atoms with Crippen molar-refractivity contribution in [3.63, 3.8) is 0 Å². The molecule has 5 unspecified atom stereocenters. The molecule has 0 aromatic carbocycles. The molecule has 104 valence electrons. The number of hydrogen-bond acceptors (Lipinski definition) is 4. The minimum Gasteiger partial charge on any atom is -0.462 e. The van der Waals surface area contributed by atoms with Crippen LogP contribution in [0.1, 0.15) is 52.9 Å². The second-order valence-corrected chi connectivity index (χ2v) is 5.91. The maximum absolute atomic E-state index is 11.9. The maximum Gasteiger partial charge on any atom is 0.308 e. The number of rotatable bonds is 3. The Balaban J connectivity index is 1.98. The second kappa shape index (κ2) is 5.17. The third kappa shape index (κ3) is 2.86. The lowest BCUT2D eigenvalue weighted by Crippen LogP contribution is -2.37. The van der Waals surface area contributed by atoms with Gasteiger partial charge in [0.15, 0.2) is 5.79 Å². The molecule has 0 bridgehead atoms. The zero-order chi connectivity index (χ0) is 13.3. The summed E-state index contributed by atoms with van der Waals surface area (Å²) in [5.41, 5.74) is 0. The van der Waals surface area contributed by atoms with Crippen molar-refractivity contribution < 1.29 is 19.4 Å². The molecule has 4 heteroatoms. The van der Waals surface area contributed by atoms with E-state index in [2.05, 4.69) is 0 Å². The summed E-state index contributed by atoms with van der Waals surface area (Å²) in [5, 5.41) is 9.97. The smallest absolute Gasteiger partial charge is 0.308 e. The molecule has 2 rings (SSSR count). The van der Waals surface area contributed by atoms with E-state index in [0.717, 1.165) is 25.7 Å². The Hall–Kier alpha value is -0.610. The van der Waals surface area contributed by atoms with Crippen LogP contribution in [0.25, 0.3) is 0 Å². The van der Waals surface area contributed by atoms with Gasteiger partial charge >= 0.3 is 5.97 Å². The topological polar surface area (TPSA) is 55.8 Å². The number of aliphatic hydroxyl groups is 1. The van der Waals surface area contributed by atoms with Crippen molar-refractivity contribution in [2.45, 2.75) is 70.9 Å². The molecule has 1 aliphatic heterocycles. The van der Waals surface area contributed by atoms with E-state index >= 15 is 0 Å². The highest BCUT2D eigenvalue weighted by atomic mass is 16.6. The van der Waals surface area contributed by atoms with Gasteiger partial charge in [-0.15, -0.1) is 0 Å². The van der Waals surface area contributed by atoms with Crippen LogP contribution < -0.4 is 0 Å². The Morgan fingerprint density at radius 2 is 2.28 bits per heavy atom. The third-order valence-electron chi connectivity index (χ3n) is 4.23. The van der Waals surface area contributed by atoms with E-state index in [-0.39, 0.29) is 30.0 Å². The maximum atomic E-state index is 11.9. The standard InChI is InChI=1S/C14H24O4/c1-4-9(2)13(15)17-11-6-5-7-12-10(11)8-14(3,16)18-12/h9-12,16H,4-8H2,1-3H3. The first-order chi connectivity index (χ1) is 8.43. The van der Waals surface area contributed by atoms with Crippen molar-refractivity contribution in [1.29, 1.82) is 0 Å². The van der Waals surface area contributed by atoms with Crippen molar-refractivity contribution in [1.82, 2.24) is 0 Å². The lowest BCUT2D eigenvalue weighted by atomic mass is 9.82. The average Bonchev–Trinajstić information content (AvgIpc) is 2.63. The molecular formula is C14H24O4. The summed E-state index contributed by atoms with van der Waals surface area (Å²) >= 11 is 0. The third-order valence-corrected chi connectivity index (χ3v) is 4.23. The fraction of sp³-hybridized carbons (Fsp3) is 0.929. The minimum absolute atomic E-state index is 0.0449. The summed E-state index contributed by atoms with van der Waals surface area (Å²) in [6.45, 7) is 5.57. The van der Waals surface area contributed by atoms with E-state index in [0.29, 0.717) is 6.42 Å². The predicted molar refractivity (Wildman–Crippen MR) is 66.8 cm³/mol. The quantitative estimate of drug-likeness (QED) is 0.787. The zero-order valence-corrected chi connectivity index (χ0v) is 11.5. The molecule has 2 fully saturated rings. The van der Waals surface area contributed by atoms with Crippen LogP contribution in [0.5, 0.6) is 0 Å². The van der Waals surface area contributed by atoms with Crippen LogP contribution in [0, 0.1) is 11.8 Å². The highest BCUT2D eigenvalue weighted by Gasteiger charge is 2.48. The first kappa shape index (κ1) is 13.8. The summed E-state index contributed by atoms with van der Waals surface area (Å²) in [7, 11) is 0. The molecule has 4 nitrogen and oxygen atoms in total. The van der Waals surface area contributed by atoms with Gasteiger partial charge in [0.1, 0.15) is 6.10 Å². The normalized spacial score (nSPS) is 41.2. The Labute approximate surface area is 109 Å². The number of carbonyl (C=O) groups excluding carboxylic acids is 1. The van der Waals surface area contributed by atoms with Gasteiger partial charge in [-0.3, -0.25) is 4.79 Å². The van der Waals surface area contributed by atoms with Gasteiger partial charge in [-0.05, 0) is 32.6 Å². The Morgan fingerprint density at radius 3 is 2.94 bits per heavy atom. The molecule has 1 aliphatic carbocycles. The SMILES string of the molecule is CCC(C)C(=O)OC1CCCC2OC(C)(O)CC12. The van der Waals surface area contributed by atoms with Gasteiger partial charge in [0, 0.05) is 12.3 Å². The minimum atomic E-state index is -1.05. The molecule has 0 aromatic heterocycles. The molecule has 5 atom stereocenters. The van der Waals surface area contributed by atoms with Crippen molar-refractivity contribution in [2.75, 3.05) is 0 Å². The molecule has 1 heterocycles. The molecule has 0 amide bonds. The van der Waals surface area contributed by atoms with Gasteiger partial charge in [0.05, 0.1) is 12.0 Å². The summed E-state index contributed by atoms with van der Waals surface area (Å²) in [6, 6.07) is 0. The molecule has 2 aliphatic rings. The Kier molecular flexibility index (Phi) is 3.97. The Morgan fingerprint density at radius 1 is 1.56 bits per heavy atom. The molecule has 18 heavy (non-hydrogen) atoms. The van der Waals surface area contributed by atoms with Crippen LogP contribution in [0.2, 0.25) is 0 Å². The lowest BCUT2D eigenvalue weighted by molar-refractivity contribution is -0.183. The fourth-order valence-electron chi connectivity index (χ4n) is 2.99. The van der Waals surface area contributed by atoms with Crippen LogP contribution in [-0.4, -0.2) is 29.1 Å². The molecule has 1 N–H and O–H groups in total. The van der Waals surface area contributed by atoms with Gasteiger partial charge in [0.2, 0.25) is 0 Å². The highest BCUT2D eigenvalue weighted by molar-refractivity contribution is 5.72. The molecule has 0 radical (unpaired) electrons. The Bertz CT molecular complexity index is 313. The average molecular weight is 256 g/mol. The summed E-state index contributed by atoms with van der Waals surface area (Å²) in [5.74, 6) is -1.06. The number of esters is 1. The van der Waals surface area contributed by atoms with E-state index in [1.165, 1.54) is 0 Å². The van der Waals surface area contributed by atoms with E-state index in [9.17, 15) is 9.90 Å². The second-order valence-electron chi connectivity index (χ2n) is 5.91. The van der Waals surface area contributed by atoms with Crippen molar-refractivity contribution in [3.05, 3.63) is 0 Å².